The molecule has 1 N–H and O–H groups in total. The maximum absolute atomic E-state index is 9.52. The molecule has 0 atom stereocenters. The first kappa shape index (κ1) is 6.87. The van der Waals surface area contributed by atoms with Gasteiger partial charge in [0.05, 0.1) is 6.54 Å². The van der Waals surface area contributed by atoms with Gasteiger partial charge < -0.3 is 5.32 Å². The minimum absolute atomic E-state index is 0.108. The molecule has 0 radical (unpaired) electrons. The van der Waals surface area contributed by atoms with Crippen LogP contribution in [0.5, 0.6) is 0 Å². The van der Waals surface area contributed by atoms with E-state index in [0.717, 1.165) is 0 Å². The molecule has 0 aliphatic heterocycles. The second-order valence-electron chi connectivity index (χ2n) is 1.13. The van der Waals surface area contributed by atoms with Gasteiger partial charge in [0.1, 0.15) is 0 Å². The molecular formula is C3H6N2O3. The van der Waals surface area contributed by atoms with Crippen LogP contribution < -0.4 is 5.32 Å². The molecule has 0 rings (SSSR count). The van der Waals surface area contributed by atoms with Crippen molar-refractivity contribution in [3.05, 3.63) is 10.1 Å². The SMILES string of the molecule is O=CNCC[N+](=O)[O-]. The first-order chi connectivity index (χ1) is 3.77. The smallest absolute Gasteiger partial charge is 0.220 e. The predicted octanol–water partition coefficient (Wildman–Crippen LogP) is -0.991. The first-order valence-corrected chi connectivity index (χ1v) is 2.06. The van der Waals surface area contributed by atoms with Crippen molar-refractivity contribution < 1.29 is 9.72 Å². The second-order valence-corrected chi connectivity index (χ2v) is 1.13. The maximum Gasteiger partial charge on any atom is 0.220 e. The molecule has 0 saturated heterocycles. The fourth-order valence-corrected chi connectivity index (χ4v) is 0.215. The van der Waals surface area contributed by atoms with Crippen LogP contribution in [0, 0.1) is 10.1 Å². The van der Waals surface area contributed by atoms with E-state index in [1.54, 1.807) is 0 Å². The third-order valence-corrected chi connectivity index (χ3v) is 0.522. The van der Waals surface area contributed by atoms with Gasteiger partial charge in [-0.05, 0) is 0 Å². The Kier molecular flexibility index (Phi) is 3.47. The van der Waals surface area contributed by atoms with E-state index in [-0.39, 0.29) is 13.1 Å². The van der Waals surface area contributed by atoms with Gasteiger partial charge in [0.15, 0.2) is 0 Å². The summed E-state index contributed by atoms with van der Waals surface area (Å²) in [6.45, 7) is -0.102. The lowest BCUT2D eigenvalue weighted by molar-refractivity contribution is -0.477. The van der Waals surface area contributed by atoms with Crippen LogP contribution in [0.2, 0.25) is 0 Å². The topological polar surface area (TPSA) is 72.2 Å². The summed E-state index contributed by atoms with van der Waals surface area (Å²) < 4.78 is 0. The molecule has 0 aliphatic rings. The Morgan fingerprint density at radius 1 is 1.75 bits per heavy atom. The number of nitro groups is 1. The lowest BCUT2D eigenvalue weighted by atomic mass is 10.7. The van der Waals surface area contributed by atoms with E-state index in [1.165, 1.54) is 0 Å². The second kappa shape index (κ2) is 4.04. The number of rotatable bonds is 4. The van der Waals surface area contributed by atoms with Gasteiger partial charge in [0.25, 0.3) is 0 Å². The van der Waals surface area contributed by atoms with E-state index >= 15 is 0 Å². The van der Waals surface area contributed by atoms with Gasteiger partial charge in [-0.25, -0.2) is 0 Å². The summed E-state index contributed by atoms with van der Waals surface area (Å²) in [5, 5.41) is 11.7. The zero-order valence-electron chi connectivity index (χ0n) is 4.16. The maximum atomic E-state index is 9.52. The Hall–Kier alpha value is -1.13. The molecule has 0 aromatic heterocycles. The highest BCUT2D eigenvalue weighted by molar-refractivity contribution is 5.45. The molecule has 0 aliphatic carbocycles. The Bertz CT molecular complexity index is 92.5. The summed E-state index contributed by atoms with van der Waals surface area (Å²) in [6.07, 6.45) is 0.434. The van der Waals surface area contributed by atoms with Crippen molar-refractivity contribution in [3.8, 4) is 0 Å². The summed E-state index contributed by atoms with van der Waals surface area (Å²) in [7, 11) is 0. The molecule has 0 spiro atoms. The first-order valence-electron chi connectivity index (χ1n) is 2.06. The van der Waals surface area contributed by atoms with Gasteiger partial charge in [-0.15, -0.1) is 0 Å². The molecule has 0 aromatic rings. The number of carbonyl (C=O) groups excluding carboxylic acids is 1. The molecule has 5 nitrogen and oxygen atoms in total. The van der Waals surface area contributed by atoms with E-state index in [2.05, 4.69) is 5.32 Å². The number of nitrogens with one attached hydrogen (secondary N) is 1. The van der Waals surface area contributed by atoms with E-state index in [0.29, 0.717) is 6.41 Å². The Balaban J connectivity index is 2.93. The molecule has 0 fully saturated rings. The molecule has 0 bridgehead atoms. The quantitative estimate of drug-likeness (QED) is 0.223. The molecule has 0 heterocycles. The summed E-state index contributed by atoms with van der Waals surface area (Å²) in [6, 6.07) is 0. The van der Waals surface area contributed by atoms with Gasteiger partial charge in [0.2, 0.25) is 13.0 Å². The van der Waals surface area contributed by atoms with Crippen LogP contribution in [0.15, 0.2) is 0 Å². The number of hydrogen-bond acceptors (Lipinski definition) is 3. The number of nitrogens with zero attached hydrogens (tertiary/aromatic N) is 1. The molecule has 8 heavy (non-hydrogen) atoms. The highest BCUT2D eigenvalue weighted by Crippen LogP contribution is 1.61. The summed E-state index contributed by atoms with van der Waals surface area (Å²) in [5.74, 6) is 0. The summed E-state index contributed by atoms with van der Waals surface area (Å²) in [4.78, 5) is 18.5. The van der Waals surface area contributed by atoms with E-state index in [9.17, 15) is 14.9 Å². The third kappa shape index (κ3) is 4.87. The van der Waals surface area contributed by atoms with Crippen LogP contribution in [-0.2, 0) is 4.79 Å². The van der Waals surface area contributed by atoms with E-state index in [4.69, 9.17) is 0 Å². The van der Waals surface area contributed by atoms with Crippen LogP contribution in [0.1, 0.15) is 0 Å². The fourth-order valence-electron chi connectivity index (χ4n) is 0.215. The van der Waals surface area contributed by atoms with Gasteiger partial charge in [-0.3, -0.25) is 14.9 Å². The van der Waals surface area contributed by atoms with Crippen molar-refractivity contribution in [3.63, 3.8) is 0 Å². The molecule has 0 aromatic carbocycles. The zero-order valence-corrected chi connectivity index (χ0v) is 4.16. The molecule has 5 heteroatoms. The van der Waals surface area contributed by atoms with Crippen LogP contribution in [0.25, 0.3) is 0 Å². The molecule has 46 valence electrons. The van der Waals surface area contributed by atoms with Crippen molar-refractivity contribution in [2.75, 3.05) is 13.1 Å². The number of amides is 1. The highest BCUT2D eigenvalue weighted by Gasteiger charge is 1.91. The molecular weight excluding hydrogens is 112 g/mol. The van der Waals surface area contributed by atoms with Gasteiger partial charge in [0, 0.05) is 4.92 Å². The minimum atomic E-state index is -0.490. The highest BCUT2D eigenvalue weighted by atomic mass is 16.6. The van der Waals surface area contributed by atoms with Crippen LogP contribution in [0.4, 0.5) is 0 Å². The van der Waals surface area contributed by atoms with Crippen LogP contribution in [0.3, 0.4) is 0 Å². The fraction of sp³-hybridized carbons (Fsp3) is 0.667. The van der Waals surface area contributed by atoms with Crippen molar-refractivity contribution in [2.45, 2.75) is 0 Å². The Labute approximate surface area is 45.8 Å². The van der Waals surface area contributed by atoms with Crippen molar-refractivity contribution in [1.29, 1.82) is 0 Å². The van der Waals surface area contributed by atoms with Crippen LogP contribution >= 0.6 is 0 Å². The van der Waals surface area contributed by atoms with Crippen molar-refractivity contribution in [2.24, 2.45) is 0 Å². The van der Waals surface area contributed by atoms with E-state index in [1.807, 2.05) is 0 Å². The van der Waals surface area contributed by atoms with E-state index < -0.39 is 4.92 Å². The van der Waals surface area contributed by atoms with Gasteiger partial charge in [-0.1, -0.05) is 0 Å². The van der Waals surface area contributed by atoms with Crippen molar-refractivity contribution >= 4 is 6.41 Å². The van der Waals surface area contributed by atoms with Crippen molar-refractivity contribution in [1.82, 2.24) is 5.32 Å². The lowest BCUT2D eigenvalue weighted by Gasteiger charge is -1.88. The minimum Gasteiger partial charge on any atom is -0.352 e. The number of carbonyl (C=O) groups is 1. The Morgan fingerprint density at radius 2 is 2.38 bits per heavy atom. The summed E-state index contributed by atoms with van der Waals surface area (Å²) in [5.41, 5.74) is 0. The molecule has 0 unspecified atom stereocenters. The molecule has 0 saturated carbocycles. The monoisotopic (exact) mass is 118 g/mol. The standard InChI is InChI=1S/C3H6N2O3/c6-3-4-1-2-5(7)8/h3H,1-2H2,(H,4,6). The number of hydrogen-bond donors (Lipinski definition) is 1. The molecule has 1 amide bonds. The van der Waals surface area contributed by atoms with Gasteiger partial charge in [-0.2, -0.15) is 0 Å². The third-order valence-electron chi connectivity index (χ3n) is 0.522. The largest absolute Gasteiger partial charge is 0.352 e. The van der Waals surface area contributed by atoms with Gasteiger partial charge >= 0.3 is 0 Å². The lowest BCUT2D eigenvalue weighted by Crippen LogP contribution is -2.20. The zero-order chi connectivity index (χ0) is 6.41. The normalized spacial score (nSPS) is 8.00. The average molecular weight is 118 g/mol. The van der Waals surface area contributed by atoms with Crippen LogP contribution in [-0.4, -0.2) is 24.4 Å². The average Bonchev–Trinajstić information content (AvgIpc) is 1.66. The predicted molar refractivity (Wildman–Crippen MR) is 25.9 cm³/mol. The summed E-state index contributed by atoms with van der Waals surface area (Å²) >= 11 is 0. The Morgan fingerprint density at radius 3 is 2.75 bits per heavy atom.